The van der Waals surface area contributed by atoms with Gasteiger partial charge in [0, 0.05) is 23.3 Å². The third kappa shape index (κ3) is 6.91. The van der Waals surface area contributed by atoms with Crippen LogP contribution in [-0.4, -0.2) is 51.8 Å². The number of nitrogens with one attached hydrogen (secondary N) is 1. The van der Waals surface area contributed by atoms with E-state index in [1.165, 1.54) is 12.1 Å². The molecule has 0 radical (unpaired) electrons. The van der Waals surface area contributed by atoms with Crippen LogP contribution >= 0.6 is 0 Å². The molecule has 2 aromatic carbocycles. The zero-order chi connectivity index (χ0) is 34.5. The summed E-state index contributed by atoms with van der Waals surface area (Å²) in [5, 5.41) is 0. The van der Waals surface area contributed by atoms with Gasteiger partial charge in [-0.2, -0.15) is 4.98 Å². The van der Waals surface area contributed by atoms with Crippen molar-refractivity contribution in [3.63, 3.8) is 0 Å². The standard InChI is InChI=1S/C37H38N6O5S/c1-22(2)14-28-16-31-34(48-28)38-19-26(39-31)20-43-27(18-37(5)12-13-37)21-47-32-17-30(33-23(3)8-6-9-24(33)4)40-36(41-32)42-49(45,46)29-11-7-10-25(15-29)35(43)44/h6-11,14-17,19,27H,12-13,18,20-21H2,1-5H3,(H,40,41,42)/t27-/m1/s1. The molecule has 1 N–H and O–H groups in total. The number of anilines is 1. The number of fused-ring (bicyclic) bond motifs is 5. The molecule has 4 heterocycles. The minimum Gasteiger partial charge on any atom is -0.475 e. The molecule has 3 aromatic heterocycles. The quantitative estimate of drug-likeness (QED) is 0.199. The molecule has 0 saturated heterocycles. The van der Waals surface area contributed by atoms with E-state index in [2.05, 4.69) is 26.6 Å². The maximum Gasteiger partial charge on any atom is 0.264 e. The van der Waals surface area contributed by atoms with Gasteiger partial charge in [-0.25, -0.2) is 28.1 Å². The van der Waals surface area contributed by atoms with E-state index in [1.807, 2.05) is 58.0 Å². The van der Waals surface area contributed by atoms with Crippen LogP contribution in [0.3, 0.4) is 0 Å². The number of carbonyl (C=O) groups is 1. The fourth-order valence-electron chi connectivity index (χ4n) is 6.31. The molecule has 1 atom stereocenters. The number of amides is 1. The normalized spacial score (nSPS) is 18.0. The summed E-state index contributed by atoms with van der Waals surface area (Å²) in [4.78, 5) is 34.5. The van der Waals surface area contributed by atoms with Crippen molar-refractivity contribution in [2.75, 3.05) is 11.3 Å². The van der Waals surface area contributed by atoms with Crippen LogP contribution in [0, 0.1) is 19.3 Å². The van der Waals surface area contributed by atoms with E-state index >= 15 is 0 Å². The van der Waals surface area contributed by atoms with Gasteiger partial charge in [-0.05, 0) is 87.8 Å². The first-order valence-electron chi connectivity index (χ1n) is 16.3. The van der Waals surface area contributed by atoms with Crippen LogP contribution in [0.25, 0.3) is 28.6 Å². The van der Waals surface area contributed by atoms with Crippen molar-refractivity contribution in [1.82, 2.24) is 24.8 Å². The molecule has 11 nitrogen and oxygen atoms in total. The highest BCUT2D eigenvalue weighted by molar-refractivity contribution is 7.92. The average molecular weight is 679 g/mol. The lowest BCUT2D eigenvalue weighted by Crippen LogP contribution is -2.44. The number of nitrogens with zero attached hydrogens (tertiary/aromatic N) is 5. The largest absolute Gasteiger partial charge is 0.475 e. The molecule has 5 aromatic rings. The summed E-state index contributed by atoms with van der Waals surface area (Å²) in [6.07, 6.45) is 6.26. The average Bonchev–Trinajstić information content (AvgIpc) is 3.64. The van der Waals surface area contributed by atoms with Crippen molar-refractivity contribution in [3.8, 4) is 17.1 Å². The molecule has 1 aliphatic carbocycles. The number of aromatic nitrogens is 4. The summed E-state index contributed by atoms with van der Waals surface area (Å²) in [6, 6.07) is 15.1. The topological polar surface area (TPSA) is 140 Å². The van der Waals surface area contributed by atoms with E-state index in [4.69, 9.17) is 14.1 Å². The van der Waals surface area contributed by atoms with Crippen LogP contribution in [0.4, 0.5) is 5.95 Å². The first-order chi connectivity index (χ1) is 23.4. The highest BCUT2D eigenvalue weighted by Gasteiger charge is 2.42. The van der Waals surface area contributed by atoms with Crippen LogP contribution in [0.15, 0.2) is 75.7 Å². The molecule has 2 aliphatic rings. The molecule has 4 bridgehead atoms. The molecule has 1 amide bonds. The summed E-state index contributed by atoms with van der Waals surface area (Å²) in [5.74, 6) is 0.378. The third-order valence-electron chi connectivity index (χ3n) is 9.08. The summed E-state index contributed by atoms with van der Waals surface area (Å²) in [5.41, 5.74) is 6.22. The number of sulfonamides is 1. The zero-order valence-electron chi connectivity index (χ0n) is 28.1. The van der Waals surface area contributed by atoms with Crippen molar-refractivity contribution < 1.29 is 22.4 Å². The Hall–Kier alpha value is -5.10. The maximum absolute atomic E-state index is 14.5. The van der Waals surface area contributed by atoms with Gasteiger partial charge in [0.15, 0.2) is 0 Å². The molecule has 1 fully saturated rings. The fourth-order valence-corrected chi connectivity index (χ4v) is 7.30. The number of carbonyl (C=O) groups excluding carboxylic acids is 1. The van der Waals surface area contributed by atoms with Crippen LogP contribution in [0.5, 0.6) is 5.88 Å². The van der Waals surface area contributed by atoms with Gasteiger partial charge in [-0.15, -0.1) is 0 Å². The first kappa shape index (κ1) is 32.4. The van der Waals surface area contributed by atoms with Gasteiger partial charge in [0.25, 0.3) is 15.9 Å². The number of aryl methyl sites for hydroxylation is 2. The SMILES string of the molecule is CC(C)=Cc1cc2nc(CN3C(=O)c4cccc(c4)S(=O)(=O)Nc4nc(cc(-c5c(C)cccc5C)n4)OC[C@H]3CC3(C)CC3)cnc2o1. The van der Waals surface area contributed by atoms with E-state index in [0.29, 0.717) is 34.8 Å². The van der Waals surface area contributed by atoms with Gasteiger partial charge in [0.2, 0.25) is 17.5 Å². The molecular formula is C37H38N6O5S. The summed E-state index contributed by atoms with van der Waals surface area (Å²) in [6.45, 7) is 10.4. The van der Waals surface area contributed by atoms with Crippen LogP contribution in [0.1, 0.15) is 73.0 Å². The second-order valence-electron chi connectivity index (χ2n) is 13.7. The van der Waals surface area contributed by atoms with E-state index in [1.54, 1.807) is 29.3 Å². The molecule has 252 valence electrons. The minimum absolute atomic E-state index is 0.0347. The number of hydrogen-bond acceptors (Lipinski definition) is 9. The number of hydrogen-bond donors (Lipinski definition) is 1. The van der Waals surface area contributed by atoms with Crippen molar-refractivity contribution in [1.29, 1.82) is 0 Å². The second kappa shape index (κ2) is 12.4. The lowest BCUT2D eigenvalue weighted by atomic mass is 9.97. The van der Waals surface area contributed by atoms with E-state index in [9.17, 15) is 13.2 Å². The number of allylic oxidation sites excluding steroid dienone is 1. The summed E-state index contributed by atoms with van der Waals surface area (Å²) >= 11 is 0. The van der Waals surface area contributed by atoms with Gasteiger partial charge in [-0.1, -0.05) is 36.8 Å². The predicted octanol–water partition coefficient (Wildman–Crippen LogP) is 7.11. The summed E-state index contributed by atoms with van der Waals surface area (Å²) in [7, 11) is -4.18. The Bertz CT molecular complexity index is 2220. The van der Waals surface area contributed by atoms with E-state index in [0.717, 1.165) is 35.1 Å². The zero-order valence-corrected chi connectivity index (χ0v) is 29.0. The monoisotopic (exact) mass is 678 g/mol. The highest BCUT2D eigenvalue weighted by atomic mass is 32.2. The van der Waals surface area contributed by atoms with Gasteiger partial charge in [0.05, 0.1) is 35.1 Å². The number of rotatable bonds is 6. The van der Waals surface area contributed by atoms with Crippen molar-refractivity contribution in [2.45, 2.75) is 71.4 Å². The van der Waals surface area contributed by atoms with Crippen molar-refractivity contribution >= 4 is 39.2 Å². The smallest absolute Gasteiger partial charge is 0.264 e. The molecule has 0 unspecified atom stereocenters. The Balaban J connectivity index is 1.34. The number of ether oxygens (including phenoxy) is 1. The van der Waals surface area contributed by atoms with Crippen molar-refractivity contribution in [3.05, 3.63) is 94.5 Å². The lowest BCUT2D eigenvalue weighted by molar-refractivity contribution is 0.0537. The van der Waals surface area contributed by atoms with Gasteiger partial charge in [-0.3, -0.25) is 4.79 Å². The molecular weight excluding hydrogens is 641 g/mol. The Morgan fingerprint density at radius 3 is 2.53 bits per heavy atom. The number of benzene rings is 2. The van der Waals surface area contributed by atoms with Crippen LogP contribution < -0.4 is 9.46 Å². The Morgan fingerprint density at radius 1 is 1.04 bits per heavy atom. The van der Waals surface area contributed by atoms with Crippen LogP contribution in [-0.2, 0) is 16.6 Å². The van der Waals surface area contributed by atoms with E-state index < -0.39 is 16.1 Å². The Kier molecular flexibility index (Phi) is 8.22. The molecule has 0 spiro atoms. The molecule has 49 heavy (non-hydrogen) atoms. The van der Waals surface area contributed by atoms with Crippen molar-refractivity contribution in [2.24, 2.45) is 5.41 Å². The van der Waals surface area contributed by atoms with Gasteiger partial charge < -0.3 is 14.1 Å². The molecule has 1 aliphatic heterocycles. The highest BCUT2D eigenvalue weighted by Crippen LogP contribution is 2.49. The Morgan fingerprint density at radius 2 is 1.80 bits per heavy atom. The maximum atomic E-state index is 14.5. The van der Waals surface area contributed by atoms with Gasteiger partial charge >= 0.3 is 0 Å². The Labute approximate surface area is 285 Å². The fraction of sp³-hybridized carbons (Fsp3) is 0.324. The van der Waals surface area contributed by atoms with Gasteiger partial charge in [0.1, 0.15) is 17.9 Å². The third-order valence-corrected chi connectivity index (χ3v) is 10.4. The predicted molar refractivity (Wildman–Crippen MR) is 186 cm³/mol. The lowest BCUT2D eigenvalue weighted by Gasteiger charge is -2.33. The van der Waals surface area contributed by atoms with Crippen LogP contribution in [0.2, 0.25) is 0 Å². The van der Waals surface area contributed by atoms with E-state index in [-0.39, 0.29) is 46.8 Å². The first-order valence-corrected chi connectivity index (χ1v) is 17.8. The molecule has 1 saturated carbocycles. The molecule has 12 heteroatoms. The summed E-state index contributed by atoms with van der Waals surface area (Å²) < 4.78 is 42.2. The molecule has 7 rings (SSSR count). The minimum atomic E-state index is -4.18. The second-order valence-corrected chi connectivity index (χ2v) is 15.3. The number of furan rings is 1.